The number of hydrogen-bond donors (Lipinski definition) is 2. The third-order valence-corrected chi connectivity index (χ3v) is 4.47. The molecule has 0 atom stereocenters. The van der Waals surface area contributed by atoms with Gasteiger partial charge in [0.15, 0.2) is 0 Å². The topological polar surface area (TPSA) is 108 Å². The van der Waals surface area contributed by atoms with Crippen molar-refractivity contribution >= 4 is 27.7 Å². The summed E-state index contributed by atoms with van der Waals surface area (Å²) in [7, 11) is -3.95. The Bertz CT molecular complexity index is 628. The van der Waals surface area contributed by atoms with Gasteiger partial charge in [0.1, 0.15) is 10.7 Å². The Hall–Kier alpha value is -2.00. The normalized spacial score (nSPS) is 16.9. The molecule has 1 aromatic rings. The maximum absolute atomic E-state index is 12.5. The number of hydrogen-bond acceptors (Lipinski definition) is 6. The molecule has 0 bridgehead atoms. The van der Waals surface area contributed by atoms with Crippen LogP contribution in [0, 0.1) is 0 Å². The van der Waals surface area contributed by atoms with E-state index in [0.717, 1.165) is 4.31 Å². The maximum Gasteiger partial charge on any atom is 0.247 e. The van der Waals surface area contributed by atoms with Crippen molar-refractivity contribution in [2.45, 2.75) is 11.8 Å². The minimum Gasteiger partial charge on any atom is -0.369 e. The quantitative estimate of drug-likeness (QED) is 0.702. The van der Waals surface area contributed by atoms with Crippen LogP contribution in [0.1, 0.15) is 6.92 Å². The predicted octanol–water partition coefficient (Wildman–Crippen LogP) is -0.839. The first-order chi connectivity index (χ1) is 9.45. The molecule has 2 heterocycles. The van der Waals surface area contributed by atoms with Crippen molar-refractivity contribution in [2.75, 3.05) is 25.0 Å². The van der Waals surface area contributed by atoms with E-state index < -0.39 is 21.8 Å². The van der Waals surface area contributed by atoms with E-state index in [1.807, 2.05) is 6.92 Å². The van der Waals surface area contributed by atoms with E-state index >= 15 is 0 Å². The second-order valence-electron chi connectivity index (χ2n) is 4.12. The monoisotopic (exact) mass is 298 g/mol. The molecule has 1 saturated heterocycles. The zero-order chi connectivity index (χ0) is 14.8. The van der Waals surface area contributed by atoms with Crippen LogP contribution in [0.5, 0.6) is 0 Å². The number of anilines is 1. The number of amides is 2. The molecule has 2 N–H and O–H groups in total. The number of sulfonamides is 1. The van der Waals surface area contributed by atoms with Gasteiger partial charge in [0.2, 0.25) is 21.8 Å². The van der Waals surface area contributed by atoms with Crippen LogP contribution in [0.25, 0.3) is 0 Å². The van der Waals surface area contributed by atoms with Crippen LogP contribution in [-0.4, -0.2) is 49.2 Å². The molecule has 1 aromatic heterocycles. The second kappa shape index (κ2) is 5.55. The van der Waals surface area contributed by atoms with E-state index in [9.17, 15) is 18.0 Å². The Labute approximate surface area is 116 Å². The molecular formula is C11H14N4O4S. The standard InChI is InChI=1S/C11H14N4O4S/c1-2-12-11-8(4-3-5-13-11)20(18,19)15-6-9(16)14-10(17)7-15/h3-5H,2,6-7H2,1H3,(H,12,13)(H,14,16,17). The lowest BCUT2D eigenvalue weighted by atomic mass is 10.4. The van der Waals surface area contributed by atoms with Crippen LogP contribution in [0.15, 0.2) is 23.2 Å². The fourth-order valence-corrected chi connectivity index (χ4v) is 3.29. The maximum atomic E-state index is 12.5. The van der Waals surface area contributed by atoms with Crippen LogP contribution in [-0.2, 0) is 19.6 Å². The minimum atomic E-state index is -3.95. The summed E-state index contributed by atoms with van der Waals surface area (Å²) in [5, 5.41) is 4.90. The van der Waals surface area contributed by atoms with Crippen LogP contribution < -0.4 is 10.6 Å². The van der Waals surface area contributed by atoms with E-state index in [-0.39, 0.29) is 23.8 Å². The van der Waals surface area contributed by atoms with Crippen molar-refractivity contribution in [1.29, 1.82) is 0 Å². The van der Waals surface area contributed by atoms with Gasteiger partial charge in [-0.3, -0.25) is 14.9 Å². The lowest BCUT2D eigenvalue weighted by molar-refractivity contribution is -0.134. The Balaban J connectivity index is 2.40. The number of nitrogens with one attached hydrogen (secondary N) is 2. The Morgan fingerprint density at radius 2 is 2.00 bits per heavy atom. The zero-order valence-electron chi connectivity index (χ0n) is 10.8. The highest BCUT2D eigenvalue weighted by Crippen LogP contribution is 2.22. The molecule has 0 unspecified atom stereocenters. The van der Waals surface area contributed by atoms with Gasteiger partial charge in [-0.25, -0.2) is 13.4 Å². The molecule has 0 saturated carbocycles. The molecule has 0 radical (unpaired) electrons. The number of imide groups is 1. The number of rotatable bonds is 4. The molecule has 1 aliphatic rings. The SMILES string of the molecule is CCNc1ncccc1S(=O)(=O)N1CC(=O)NC(=O)C1. The average molecular weight is 298 g/mol. The van der Waals surface area contributed by atoms with Crippen LogP contribution >= 0.6 is 0 Å². The molecule has 108 valence electrons. The molecule has 0 aromatic carbocycles. The second-order valence-corrected chi connectivity index (χ2v) is 6.03. The molecule has 0 spiro atoms. The van der Waals surface area contributed by atoms with Crippen LogP contribution in [0.3, 0.4) is 0 Å². The summed E-state index contributed by atoms with van der Waals surface area (Å²) >= 11 is 0. The summed E-state index contributed by atoms with van der Waals surface area (Å²) in [6.45, 7) is 1.55. The number of pyridine rings is 1. The van der Waals surface area contributed by atoms with Gasteiger partial charge < -0.3 is 5.32 Å². The Morgan fingerprint density at radius 3 is 2.60 bits per heavy atom. The Morgan fingerprint density at radius 1 is 1.35 bits per heavy atom. The molecule has 20 heavy (non-hydrogen) atoms. The molecule has 8 nitrogen and oxygen atoms in total. The Kier molecular flexibility index (Phi) is 4.00. The molecule has 0 aliphatic carbocycles. The van der Waals surface area contributed by atoms with Crippen molar-refractivity contribution in [2.24, 2.45) is 0 Å². The summed E-state index contributed by atoms with van der Waals surface area (Å²) in [6.07, 6.45) is 1.46. The summed E-state index contributed by atoms with van der Waals surface area (Å²) in [6, 6.07) is 2.87. The third-order valence-electron chi connectivity index (χ3n) is 2.65. The number of piperazine rings is 1. The fourth-order valence-electron chi connectivity index (χ4n) is 1.82. The van der Waals surface area contributed by atoms with Gasteiger partial charge in [0, 0.05) is 12.7 Å². The van der Waals surface area contributed by atoms with Crippen LogP contribution in [0.2, 0.25) is 0 Å². The van der Waals surface area contributed by atoms with E-state index in [1.54, 1.807) is 0 Å². The van der Waals surface area contributed by atoms with E-state index in [4.69, 9.17) is 0 Å². The van der Waals surface area contributed by atoms with Crippen LogP contribution in [0.4, 0.5) is 5.82 Å². The first-order valence-electron chi connectivity index (χ1n) is 5.97. The van der Waals surface area contributed by atoms with Gasteiger partial charge in [-0.2, -0.15) is 4.31 Å². The molecule has 1 aliphatic heterocycles. The summed E-state index contributed by atoms with van der Waals surface area (Å²) < 4.78 is 25.8. The highest BCUT2D eigenvalue weighted by atomic mass is 32.2. The molecule has 1 fully saturated rings. The van der Waals surface area contributed by atoms with Crippen molar-refractivity contribution in [1.82, 2.24) is 14.6 Å². The summed E-state index contributed by atoms with van der Waals surface area (Å²) in [5.74, 6) is -1.08. The smallest absolute Gasteiger partial charge is 0.247 e. The van der Waals surface area contributed by atoms with Gasteiger partial charge in [-0.1, -0.05) is 0 Å². The number of carbonyl (C=O) groups excluding carboxylic acids is 2. The first kappa shape index (κ1) is 14.4. The molecule has 2 amide bonds. The van der Waals surface area contributed by atoms with Gasteiger partial charge in [0.05, 0.1) is 13.1 Å². The van der Waals surface area contributed by atoms with Gasteiger partial charge in [-0.15, -0.1) is 0 Å². The number of carbonyl (C=O) groups is 2. The van der Waals surface area contributed by atoms with Gasteiger partial charge in [0.25, 0.3) is 0 Å². The average Bonchev–Trinajstić information content (AvgIpc) is 2.38. The van der Waals surface area contributed by atoms with E-state index in [2.05, 4.69) is 15.6 Å². The number of nitrogens with zero attached hydrogens (tertiary/aromatic N) is 2. The summed E-state index contributed by atoms with van der Waals surface area (Å²) in [4.78, 5) is 26.5. The van der Waals surface area contributed by atoms with E-state index in [1.165, 1.54) is 18.3 Å². The largest absolute Gasteiger partial charge is 0.369 e. The lowest BCUT2D eigenvalue weighted by Gasteiger charge is -2.25. The fraction of sp³-hybridized carbons (Fsp3) is 0.364. The van der Waals surface area contributed by atoms with Crippen molar-refractivity contribution < 1.29 is 18.0 Å². The molecule has 2 rings (SSSR count). The highest BCUT2D eigenvalue weighted by Gasteiger charge is 2.34. The zero-order valence-corrected chi connectivity index (χ0v) is 11.6. The molecule has 9 heteroatoms. The lowest BCUT2D eigenvalue weighted by Crippen LogP contribution is -2.53. The van der Waals surface area contributed by atoms with Gasteiger partial charge >= 0.3 is 0 Å². The molecular weight excluding hydrogens is 284 g/mol. The number of aromatic nitrogens is 1. The third kappa shape index (κ3) is 2.78. The van der Waals surface area contributed by atoms with Crippen molar-refractivity contribution in [3.63, 3.8) is 0 Å². The predicted molar refractivity (Wildman–Crippen MR) is 70.3 cm³/mol. The highest BCUT2D eigenvalue weighted by molar-refractivity contribution is 7.89. The summed E-state index contributed by atoms with van der Waals surface area (Å²) in [5.41, 5.74) is 0. The first-order valence-corrected chi connectivity index (χ1v) is 7.41. The van der Waals surface area contributed by atoms with Crippen molar-refractivity contribution in [3.05, 3.63) is 18.3 Å². The van der Waals surface area contributed by atoms with Crippen molar-refractivity contribution in [3.8, 4) is 0 Å². The van der Waals surface area contributed by atoms with Gasteiger partial charge in [-0.05, 0) is 19.1 Å². The van der Waals surface area contributed by atoms with E-state index in [0.29, 0.717) is 6.54 Å². The minimum absolute atomic E-state index is 0.0515.